The fourth-order valence-corrected chi connectivity index (χ4v) is 5.30. The molecule has 1 amide bonds. The van der Waals surface area contributed by atoms with E-state index in [0.717, 1.165) is 30.7 Å². The van der Waals surface area contributed by atoms with Crippen molar-refractivity contribution in [2.24, 2.45) is 5.92 Å². The average molecular weight is 498 g/mol. The third-order valence-electron chi connectivity index (χ3n) is 7.75. The highest BCUT2D eigenvalue weighted by Gasteiger charge is 2.16. The lowest BCUT2D eigenvalue weighted by Gasteiger charge is -2.14. The molecular weight excluding hydrogens is 442 g/mol. The lowest BCUT2D eigenvalue weighted by molar-refractivity contribution is -0.125. The Hall–Kier alpha value is -1.84. The maximum Gasteiger partial charge on any atom is 0.223 e. The smallest absolute Gasteiger partial charge is 0.223 e. The molecule has 1 N–H and O–H groups in total. The number of rotatable bonds is 22. The van der Waals surface area contributed by atoms with Gasteiger partial charge in [-0.2, -0.15) is 0 Å². The summed E-state index contributed by atoms with van der Waals surface area (Å²) in [4.78, 5) is 17.3. The summed E-state index contributed by atoms with van der Waals surface area (Å²) >= 11 is 0. The molecule has 4 heteroatoms. The molecule has 204 valence electrons. The Balaban J connectivity index is 1.59. The van der Waals surface area contributed by atoms with Gasteiger partial charge in [-0.25, -0.2) is 4.98 Å². The normalized spacial score (nSPS) is 11.6. The van der Waals surface area contributed by atoms with E-state index in [9.17, 15) is 4.79 Å². The number of para-hydroxylation sites is 2. The van der Waals surface area contributed by atoms with Crippen LogP contribution >= 0.6 is 0 Å². The number of amides is 1. The lowest BCUT2D eigenvalue weighted by Crippen LogP contribution is -2.30. The van der Waals surface area contributed by atoms with Crippen LogP contribution in [-0.4, -0.2) is 15.5 Å². The predicted octanol–water partition coefficient (Wildman–Crippen LogP) is 9.35. The zero-order valence-corrected chi connectivity index (χ0v) is 23.8. The van der Waals surface area contributed by atoms with E-state index in [4.69, 9.17) is 4.98 Å². The summed E-state index contributed by atoms with van der Waals surface area (Å²) < 4.78 is 2.33. The molecule has 0 bridgehead atoms. The number of aromatic nitrogens is 2. The monoisotopic (exact) mass is 497 g/mol. The van der Waals surface area contributed by atoms with Gasteiger partial charge in [0, 0.05) is 12.5 Å². The molecule has 0 fully saturated rings. The number of aryl methyl sites for hydroxylation is 1. The molecule has 2 aromatic rings. The van der Waals surface area contributed by atoms with Crippen molar-refractivity contribution < 1.29 is 4.79 Å². The third-order valence-corrected chi connectivity index (χ3v) is 7.75. The van der Waals surface area contributed by atoms with Crippen LogP contribution in [-0.2, 0) is 17.9 Å². The van der Waals surface area contributed by atoms with E-state index in [2.05, 4.69) is 48.9 Å². The van der Waals surface area contributed by atoms with E-state index < -0.39 is 0 Å². The van der Waals surface area contributed by atoms with Gasteiger partial charge < -0.3 is 9.88 Å². The fourth-order valence-electron chi connectivity index (χ4n) is 5.30. The molecule has 1 aromatic carbocycles. The van der Waals surface area contributed by atoms with Crippen molar-refractivity contribution in [1.29, 1.82) is 0 Å². The van der Waals surface area contributed by atoms with Gasteiger partial charge in [-0.3, -0.25) is 4.79 Å². The van der Waals surface area contributed by atoms with Crippen molar-refractivity contribution in [2.75, 3.05) is 0 Å². The standard InChI is InChI=1S/C32H55N3O/c1-4-7-8-9-10-11-12-13-14-15-16-17-18-19-20-23-26-35-30-25-22-21-24-29(30)34-31(35)27-33-32(36)28(5-2)6-3/h21-22,24-25,28H,4-20,23,26-27H2,1-3H3,(H,33,36). The number of nitrogens with one attached hydrogen (secondary N) is 1. The number of fused-ring (bicyclic) bond motifs is 1. The van der Waals surface area contributed by atoms with Gasteiger partial charge in [0.1, 0.15) is 5.82 Å². The van der Waals surface area contributed by atoms with Crippen molar-refractivity contribution in [3.8, 4) is 0 Å². The van der Waals surface area contributed by atoms with Gasteiger partial charge in [0.25, 0.3) is 0 Å². The summed E-state index contributed by atoms with van der Waals surface area (Å²) in [6.45, 7) is 7.96. The van der Waals surface area contributed by atoms with Crippen LogP contribution in [0.15, 0.2) is 24.3 Å². The highest BCUT2D eigenvalue weighted by molar-refractivity contribution is 5.79. The number of carbonyl (C=O) groups is 1. The van der Waals surface area contributed by atoms with Gasteiger partial charge >= 0.3 is 0 Å². The van der Waals surface area contributed by atoms with Crippen molar-refractivity contribution >= 4 is 16.9 Å². The molecule has 0 radical (unpaired) electrons. The van der Waals surface area contributed by atoms with E-state index in [1.54, 1.807) is 0 Å². The van der Waals surface area contributed by atoms with Crippen LogP contribution in [0.2, 0.25) is 0 Å². The molecule has 0 atom stereocenters. The van der Waals surface area contributed by atoms with E-state index >= 15 is 0 Å². The first-order valence-electron chi connectivity index (χ1n) is 15.4. The number of carbonyl (C=O) groups excluding carboxylic acids is 1. The maximum atomic E-state index is 12.5. The molecular formula is C32H55N3O. The first-order valence-corrected chi connectivity index (χ1v) is 15.4. The minimum Gasteiger partial charge on any atom is -0.349 e. The second-order valence-corrected chi connectivity index (χ2v) is 10.7. The van der Waals surface area contributed by atoms with E-state index in [-0.39, 0.29) is 11.8 Å². The molecule has 0 spiro atoms. The van der Waals surface area contributed by atoms with E-state index in [0.29, 0.717) is 6.54 Å². The Morgan fingerprint density at radius 3 is 1.78 bits per heavy atom. The van der Waals surface area contributed by atoms with Gasteiger partial charge in [-0.05, 0) is 31.4 Å². The number of benzene rings is 1. The van der Waals surface area contributed by atoms with Gasteiger partial charge in [0.15, 0.2) is 0 Å². The van der Waals surface area contributed by atoms with Crippen LogP contribution < -0.4 is 5.32 Å². The summed E-state index contributed by atoms with van der Waals surface area (Å²) in [7, 11) is 0. The molecule has 36 heavy (non-hydrogen) atoms. The summed E-state index contributed by atoms with van der Waals surface area (Å²) in [6.07, 6.45) is 24.0. The molecule has 1 heterocycles. The zero-order chi connectivity index (χ0) is 25.8. The van der Waals surface area contributed by atoms with Crippen molar-refractivity contribution in [1.82, 2.24) is 14.9 Å². The van der Waals surface area contributed by atoms with Crippen molar-refractivity contribution in [2.45, 2.75) is 149 Å². The van der Waals surface area contributed by atoms with Gasteiger partial charge in [0.05, 0.1) is 17.6 Å². The number of hydrogen-bond donors (Lipinski definition) is 1. The van der Waals surface area contributed by atoms with Gasteiger partial charge in [-0.15, -0.1) is 0 Å². The average Bonchev–Trinajstić information content (AvgIpc) is 3.25. The molecule has 0 aliphatic heterocycles. The Morgan fingerprint density at radius 2 is 1.25 bits per heavy atom. The molecule has 0 saturated heterocycles. The highest BCUT2D eigenvalue weighted by atomic mass is 16.1. The Morgan fingerprint density at radius 1 is 0.750 bits per heavy atom. The first kappa shape index (κ1) is 30.4. The predicted molar refractivity (Wildman–Crippen MR) is 155 cm³/mol. The number of nitrogens with zero attached hydrogens (tertiary/aromatic N) is 2. The summed E-state index contributed by atoms with van der Waals surface area (Å²) in [5.41, 5.74) is 2.21. The van der Waals surface area contributed by atoms with Crippen LogP contribution in [0.3, 0.4) is 0 Å². The van der Waals surface area contributed by atoms with Crippen molar-refractivity contribution in [3.63, 3.8) is 0 Å². The number of hydrogen-bond acceptors (Lipinski definition) is 2. The number of unbranched alkanes of at least 4 members (excludes halogenated alkanes) is 15. The Kier molecular flexibility index (Phi) is 16.3. The van der Waals surface area contributed by atoms with E-state index in [1.807, 2.05) is 6.07 Å². The minimum absolute atomic E-state index is 0.100. The molecule has 2 rings (SSSR count). The summed E-state index contributed by atoms with van der Waals surface area (Å²) in [5.74, 6) is 1.24. The molecule has 0 aliphatic carbocycles. The molecule has 1 aromatic heterocycles. The largest absolute Gasteiger partial charge is 0.349 e. The van der Waals surface area contributed by atoms with Gasteiger partial charge in [-0.1, -0.05) is 129 Å². The number of imidazole rings is 1. The van der Waals surface area contributed by atoms with Crippen molar-refractivity contribution in [3.05, 3.63) is 30.1 Å². The summed E-state index contributed by atoms with van der Waals surface area (Å²) in [5, 5.41) is 3.14. The van der Waals surface area contributed by atoms with Gasteiger partial charge in [0.2, 0.25) is 5.91 Å². The minimum atomic E-state index is 0.100. The first-order chi connectivity index (χ1) is 17.7. The van der Waals surface area contributed by atoms with Crippen LogP contribution in [0, 0.1) is 5.92 Å². The lowest BCUT2D eigenvalue weighted by atomic mass is 10.0. The molecule has 0 saturated carbocycles. The van der Waals surface area contributed by atoms with E-state index in [1.165, 1.54) is 108 Å². The SMILES string of the molecule is CCCCCCCCCCCCCCCCCCn1c(CNC(=O)C(CC)CC)nc2ccccc21. The molecule has 4 nitrogen and oxygen atoms in total. The van der Waals surface area contributed by atoms with Crippen LogP contribution in [0.4, 0.5) is 0 Å². The zero-order valence-electron chi connectivity index (χ0n) is 23.8. The Labute approximate surface area is 222 Å². The van der Waals surface area contributed by atoms with Crippen LogP contribution in [0.1, 0.15) is 142 Å². The second kappa shape index (κ2) is 19.3. The second-order valence-electron chi connectivity index (χ2n) is 10.7. The van der Waals surface area contributed by atoms with Crippen LogP contribution in [0.25, 0.3) is 11.0 Å². The highest BCUT2D eigenvalue weighted by Crippen LogP contribution is 2.19. The topological polar surface area (TPSA) is 46.9 Å². The summed E-state index contributed by atoms with van der Waals surface area (Å²) in [6, 6.07) is 8.36. The maximum absolute atomic E-state index is 12.5. The fraction of sp³-hybridized carbons (Fsp3) is 0.750. The molecule has 0 aliphatic rings. The quantitative estimate of drug-likeness (QED) is 0.165. The third kappa shape index (κ3) is 11.5. The van der Waals surface area contributed by atoms with Crippen LogP contribution in [0.5, 0.6) is 0 Å². The Bertz CT molecular complexity index is 824. The molecule has 0 unspecified atom stereocenters.